The number of nitrogens with zero attached hydrogens (tertiary/aromatic N) is 1. The zero-order chi connectivity index (χ0) is 19.8. The van der Waals surface area contributed by atoms with Crippen molar-refractivity contribution in [3.63, 3.8) is 0 Å². The lowest BCUT2D eigenvalue weighted by Gasteiger charge is -2.09. The average molecular weight is 396 g/mol. The quantitative estimate of drug-likeness (QED) is 0.596. The second-order valence-corrected chi connectivity index (χ2v) is 6.70. The molecule has 0 saturated heterocycles. The van der Waals surface area contributed by atoms with Crippen molar-refractivity contribution in [1.29, 1.82) is 0 Å². The van der Waals surface area contributed by atoms with Crippen LogP contribution in [0.15, 0.2) is 66.9 Å². The molecule has 0 atom stereocenters. The Kier molecular flexibility index (Phi) is 6.87. The van der Waals surface area contributed by atoms with Gasteiger partial charge in [-0.15, -0.1) is 0 Å². The number of carbonyl (C=O) groups excluding carboxylic acids is 1. The number of methoxy groups -OCH3 is 1. The summed E-state index contributed by atoms with van der Waals surface area (Å²) >= 11 is 5.90. The van der Waals surface area contributed by atoms with Gasteiger partial charge in [0, 0.05) is 29.9 Å². The fourth-order valence-corrected chi connectivity index (χ4v) is 2.80. The number of aromatic nitrogens is 1. The molecule has 0 saturated carbocycles. The summed E-state index contributed by atoms with van der Waals surface area (Å²) in [6, 6.07) is 18.9. The Morgan fingerprint density at radius 3 is 2.46 bits per heavy atom. The van der Waals surface area contributed by atoms with E-state index in [9.17, 15) is 4.79 Å². The molecule has 3 rings (SSSR count). The third kappa shape index (κ3) is 5.72. The van der Waals surface area contributed by atoms with Gasteiger partial charge in [0.15, 0.2) is 0 Å². The molecular weight excluding hydrogens is 374 g/mol. The highest BCUT2D eigenvalue weighted by Crippen LogP contribution is 2.13. The van der Waals surface area contributed by atoms with Crippen LogP contribution >= 0.6 is 11.6 Å². The summed E-state index contributed by atoms with van der Waals surface area (Å²) in [5.41, 5.74) is 2.80. The van der Waals surface area contributed by atoms with E-state index in [2.05, 4.69) is 15.6 Å². The molecule has 3 aromatic rings. The molecule has 0 aliphatic carbocycles. The maximum atomic E-state index is 12.4. The molecule has 1 amide bonds. The van der Waals surface area contributed by atoms with E-state index < -0.39 is 0 Å². The van der Waals surface area contributed by atoms with Crippen LogP contribution in [0.4, 0.5) is 5.82 Å². The SMILES string of the molecule is COc1ccc(CCNC(=O)c2ccnc(NCc3ccc(Cl)cc3)c2)cc1. The number of halogens is 1. The molecule has 0 fully saturated rings. The van der Waals surface area contributed by atoms with Crippen molar-refractivity contribution in [2.75, 3.05) is 19.0 Å². The molecule has 144 valence electrons. The topological polar surface area (TPSA) is 63.2 Å². The molecule has 1 aromatic heterocycles. The maximum Gasteiger partial charge on any atom is 0.251 e. The predicted octanol–water partition coefficient (Wildman–Crippen LogP) is 4.33. The Hall–Kier alpha value is -3.05. The number of nitrogens with one attached hydrogen (secondary N) is 2. The van der Waals surface area contributed by atoms with Gasteiger partial charge in [0.2, 0.25) is 0 Å². The fourth-order valence-electron chi connectivity index (χ4n) is 2.68. The van der Waals surface area contributed by atoms with E-state index in [0.29, 0.717) is 29.5 Å². The molecule has 0 bridgehead atoms. The van der Waals surface area contributed by atoms with Crippen molar-refractivity contribution in [3.05, 3.63) is 88.6 Å². The number of ether oxygens (including phenoxy) is 1. The average Bonchev–Trinajstić information content (AvgIpc) is 2.74. The van der Waals surface area contributed by atoms with Crippen LogP contribution in [-0.4, -0.2) is 24.5 Å². The Bertz CT molecular complexity index is 912. The standard InChI is InChI=1S/C22H22ClN3O2/c1-28-20-8-4-16(5-9-20)10-12-25-22(27)18-11-13-24-21(14-18)26-15-17-2-6-19(23)7-3-17/h2-9,11,13-14H,10,12,15H2,1H3,(H,24,26)(H,25,27). The molecule has 0 aliphatic rings. The smallest absolute Gasteiger partial charge is 0.251 e. The van der Waals surface area contributed by atoms with E-state index in [1.54, 1.807) is 25.4 Å². The predicted molar refractivity (Wildman–Crippen MR) is 112 cm³/mol. The van der Waals surface area contributed by atoms with E-state index >= 15 is 0 Å². The number of rotatable bonds is 8. The van der Waals surface area contributed by atoms with Gasteiger partial charge in [-0.3, -0.25) is 4.79 Å². The number of anilines is 1. The molecule has 0 unspecified atom stereocenters. The minimum atomic E-state index is -0.120. The molecular formula is C22H22ClN3O2. The van der Waals surface area contributed by atoms with Crippen molar-refractivity contribution >= 4 is 23.3 Å². The second-order valence-electron chi connectivity index (χ2n) is 6.26. The zero-order valence-corrected chi connectivity index (χ0v) is 16.4. The Balaban J connectivity index is 1.50. The lowest BCUT2D eigenvalue weighted by atomic mass is 10.1. The summed E-state index contributed by atoms with van der Waals surface area (Å²) in [4.78, 5) is 16.7. The molecule has 2 N–H and O–H groups in total. The minimum Gasteiger partial charge on any atom is -0.497 e. The Morgan fingerprint density at radius 2 is 1.75 bits per heavy atom. The van der Waals surface area contributed by atoms with E-state index in [4.69, 9.17) is 16.3 Å². The Labute approximate surface area is 169 Å². The molecule has 28 heavy (non-hydrogen) atoms. The van der Waals surface area contributed by atoms with Crippen LogP contribution in [0.5, 0.6) is 5.75 Å². The van der Waals surface area contributed by atoms with Gasteiger partial charge in [0.05, 0.1) is 7.11 Å². The largest absolute Gasteiger partial charge is 0.497 e. The van der Waals surface area contributed by atoms with Crippen molar-refractivity contribution in [2.45, 2.75) is 13.0 Å². The van der Waals surface area contributed by atoms with Crippen molar-refractivity contribution in [2.24, 2.45) is 0 Å². The van der Waals surface area contributed by atoms with E-state index in [1.807, 2.05) is 48.5 Å². The van der Waals surface area contributed by atoms with Crippen LogP contribution in [0.1, 0.15) is 21.5 Å². The number of carbonyl (C=O) groups is 1. The summed E-state index contributed by atoms with van der Waals surface area (Å²) in [5, 5.41) is 6.87. The van der Waals surface area contributed by atoms with E-state index in [1.165, 1.54) is 0 Å². The van der Waals surface area contributed by atoms with E-state index in [0.717, 1.165) is 23.3 Å². The van der Waals surface area contributed by atoms with Gasteiger partial charge < -0.3 is 15.4 Å². The highest BCUT2D eigenvalue weighted by Gasteiger charge is 2.07. The number of amides is 1. The van der Waals surface area contributed by atoms with Gasteiger partial charge in [0.1, 0.15) is 11.6 Å². The van der Waals surface area contributed by atoms with Gasteiger partial charge in [0.25, 0.3) is 5.91 Å². The monoisotopic (exact) mass is 395 g/mol. The van der Waals surface area contributed by atoms with Crippen LogP contribution in [0.3, 0.4) is 0 Å². The van der Waals surface area contributed by atoms with Gasteiger partial charge in [-0.2, -0.15) is 0 Å². The first kappa shape index (κ1) is 19.7. The number of benzene rings is 2. The van der Waals surface area contributed by atoms with Crippen molar-refractivity contribution in [1.82, 2.24) is 10.3 Å². The van der Waals surface area contributed by atoms with Gasteiger partial charge in [-0.1, -0.05) is 35.9 Å². The number of hydrogen-bond donors (Lipinski definition) is 2. The third-order valence-electron chi connectivity index (χ3n) is 4.27. The fraction of sp³-hybridized carbons (Fsp3) is 0.182. The number of pyridine rings is 1. The third-order valence-corrected chi connectivity index (χ3v) is 4.52. The minimum absolute atomic E-state index is 0.120. The van der Waals surface area contributed by atoms with E-state index in [-0.39, 0.29) is 5.91 Å². The zero-order valence-electron chi connectivity index (χ0n) is 15.6. The normalized spacial score (nSPS) is 10.4. The molecule has 1 heterocycles. The second kappa shape index (κ2) is 9.76. The Morgan fingerprint density at radius 1 is 1.04 bits per heavy atom. The van der Waals surface area contributed by atoms with Gasteiger partial charge in [-0.25, -0.2) is 4.98 Å². The first-order valence-electron chi connectivity index (χ1n) is 8.99. The molecule has 6 heteroatoms. The van der Waals surface area contributed by atoms with Crippen LogP contribution < -0.4 is 15.4 Å². The summed E-state index contributed by atoms with van der Waals surface area (Å²) < 4.78 is 5.15. The van der Waals surface area contributed by atoms with Crippen LogP contribution in [0.25, 0.3) is 0 Å². The number of hydrogen-bond acceptors (Lipinski definition) is 4. The first-order valence-corrected chi connectivity index (χ1v) is 9.37. The van der Waals surface area contributed by atoms with Crippen LogP contribution in [-0.2, 0) is 13.0 Å². The van der Waals surface area contributed by atoms with Gasteiger partial charge in [-0.05, 0) is 53.9 Å². The van der Waals surface area contributed by atoms with Crippen LogP contribution in [0, 0.1) is 0 Å². The molecule has 0 radical (unpaired) electrons. The molecule has 0 aliphatic heterocycles. The highest BCUT2D eigenvalue weighted by atomic mass is 35.5. The molecule has 2 aromatic carbocycles. The summed E-state index contributed by atoms with van der Waals surface area (Å²) in [6.07, 6.45) is 2.38. The maximum absolute atomic E-state index is 12.4. The van der Waals surface area contributed by atoms with Gasteiger partial charge >= 0.3 is 0 Å². The lowest BCUT2D eigenvalue weighted by molar-refractivity contribution is 0.0954. The lowest BCUT2D eigenvalue weighted by Crippen LogP contribution is -2.25. The van der Waals surface area contributed by atoms with Crippen LogP contribution in [0.2, 0.25) is 5.02 Å². The van der Waals surface area contributed by atoms with Crippen molar-refractivity contribution < 1.29 is 9.53 Å². The summed E-state index contributed by atoms with van der Waals surface area (Å²) in [6.45, 7) is 1.16. The molecule has 5 nitrogen and oxygen atoms in total. The van der Waals surface area contributed by atoms with Crippen molar-refractivity contribution in [3.8, 4) is 5.75 Å². The first-order chi connectivity index (χ1) is 13.6. The summed E-state index contributed by atoms with van der Waals surface area (Å²) in [5.74, 6) is 1.35. The summed E-state index contributed by atoms with van der Waals surface area (Å²) in [7, 11) is 1.64. The molecule has 0 spiro atoms. The highest BCUT2D eigenvalue weighted by molar-refractivity contribution is 6.30.